The van der Waals surface area contributed by atoms with Gasteiger partial charge in [0.05, 0.1) is 0 Å². The molecule has 0 saturated heterocycles. The molecule has 0 heterocycles. The van der Waals surface area contributed by atoms with Crippen LogP contribution in [0, 0.1) is 0 Å². The number of hydrogen-bond donors (Lipinski definition) is 0. The van der Waals surface area contributed by atoms with Gasteiger partial charge in [-0.3, -0.25) is 4.99 Å². The van der Waals surface area contributed by atoms with Crippen molar-refractivity contribution in [1.82, 2.24) is 0 Å². The zero-order valence-electron chi connectivity index (χ0n) is 12.0. The molecular formula is C19H19N. The Morgan fingerprint density at radius 2 is 1.35 bits per heavy atom. The molecule has 2 aromatic carbocycles. The van der Waals surface area contributed by atoms with Crippen LogP contribution in [-0.4, -0.2) is 13.3 Å². The van der Waals surface area contributed by atoms with E-state index in [0.29, 0.717) is 0 Å². The van der Waals surface area contributed by atoms with Gasteiger partial charge in [0.15, 0.2) is 0 Å². The van der Waals surface area contributed by atoms with Crippen LogP contribution in [0.15, 0.2) is 83.4 Å². The highest BCUT2D eigenvalue weighted by molar-refractivity contribution is 6.00. The SMILES string of the molecule is C=C(C)C(C=NC)=C(c1ccccc1)c1ccccc1. The fourth-order valence-electron chi connectivity index (χ4n) is 2.20. The minimum absolute atomic E-state index is 1.01. The van der Waals surface area contributed by atoms with Gasteiger partial charge in [-0.1, -0.05) is 67.2 Å². The highest BCUT2D eigenvalue weighted by atomic mass is 14.6. The highest BCUT2D eigenvalue weighted by Crippen LogP contribution is 2.28. The maximum atomic E-state index is 4.19. The smallest absolute Gasteiger partial charge is 0.0290 e. The molecule has 0 spiro atoms. The molecule has 0 bridgehead atoms. The van der Waals surface area contributed by atoms with Crippen molar-refractivity contribution in [2.45, 2.75) is 6.92 Å². The van der Waals surface area contributed by atoms with E-state index < -0.39 is 0 Å². The molecule has 0 aliphatic heterocycles. The summed E-state index contributed by atoms with van der Waals surface area (Å²) in [6.07, 6.45) is 1.89. The first-order chi connectivity index (χ1) is 9.74. The van der Waals surface area contributed by atoms with Crippen molar-refractivity contribution >= 4 is 11.8 Å². The molecule has 100 valence electrons. The van der Waals surface area contributed by atoms with E-state index in [0.717, 1.165) is 11.1 Å². The minimum Gasteiger partial charge on any atom is -0.296 e. The maximum absolute atomic E-state index is 4.19. The Hall–Kier alpha value is -2.41. The molecule has 0 aliphatic rings. The topological polar surface area (TPSA) is 12.4 Å². The summed E-state index contributed by atoms with van der Waals surface area (Å²) in [6.45, 7) is 6.11. The molecule has 20 heavy (non-hydrogen) atoms. The van der Waals surface area contributed by atoms with Crippen LogP contribution in [0.4, 0.5) is 0 Å². The first-order valence-electron chi connectivity index (χ1n) is 6.67. The molecule has 0 atom stereocenters. The van der Waals surface area contributed by atoms with E-state index >= 15 is 0 Å². The lowest BCUT2D eigenvalue weighted by atomic mass is 9.91. The van der Waals surface area contributed by atoms with E-state index in [9.17, 15) is 0 Å². The fourth-order valence-corrected chi connectivity index (χ4v) is 2.20. The van der Waals surface area contributed by atoms with E-state index in [1.807, 2.05) is 25.3 Å². The molecule has 1 nitrogen and oxygen atoms in total. The summed E-state index contributed by atoms with van der Waals surface area (Å²) in [5.74, 6) is 0. The number of hydrogen-bond acceptors (Lipinski definition) is 1. The summed E-state index contributed by atoms with van der Waals surface area (Å²) >= 11 is 0. The van der Waals surface area contributed by atoms with Crippen LogP contribution in [0.25, 0.3) is 5.57 Å². The molecule has 0 saturated carbocycles. The monoisotopic (exact) mass is 261 g/mol. The van der Waals surface area contributed by atoms with Crippen molar-refractivity contribution in [3.05, 3.63) is 89.5 Å². The lowest BCUT2D eigenvalue weighted by Crippen LogP contribution is -1.97. The van der Waals surface area contributed by atoms with Crippen molar-refractivity contribution in [1.29, 1.82) is 0 Å². The molecule has 0 amide bonds. The van der Waals surface area contributed by atoms with Crippen molar-refractivity contribution in [2.75, 3.05) is 7.05 Å². The standard InChI is InChI=1S/C19H19N/c1-15(2)18(14-20-3)19(16-10-6-4-7-11-16)17-12-8-5-9-13-17/h4-14H,1H2,2-3H3. The Bertz CT molecular complexity index is 592. The zero-order chi connectivity index (χ0) is 14.4. The zero-order valence-corrected chi connectivity index (χ0v) is 12.0. The minimum atomic E-state index is 1.01. The van der Waals surface area contributed by atoms with E-state index in [1.54, 1.807) is 7.05 Å². The van der Waals surface area contributed by atoms with Gasteiger partial charge in [-0.2, -0.15) is 0 Å². The number of benzene rings is 2. The number of aliphatic imine (C=N–C) groups is 1. The lowest BCUT2D eigenvalue weighted by Gasteiger charge is -2.13. The molecule has 0 aliphatic carbocycles. The number of rotatable bonds is 4. The van der Waals surface area contributed by atoms with Crippen LogP contribution >= 0.6 is 0 Å². The molecule has 0 radical (unpaired) electrons. The van der Waals surface area contributed by atoms with Gasteiger partial charge in [0.1, 0.15) is 0 Å². The fraction of sp³-hybridized carbons (Fsp3) is 0.105. The summed E-state index contributed by atoms with van der Waals surface area (Å²) in [7, 11) is 1.79. The molecule has 2 rings (SSSR count). The Morgan fingerprint density at radius 3 is 1.70 bits per heavy atom. The number of allylic oxidation sites excluding steroid dienone is 2. The van der Waals surface area contributed by atoms with Gasteiger partial charge in [-0.05, 0) is 29.2 Å². The third-order valence-corrected chi connectivity index (χ3v) is 3.11. The van der Waals surface area contributed by atoms with Crippen LogP contribution in [0.2, 0.25) is 0 Å². The van der Waals surface area contributed by atoms with Gasteiger partial charge in [0.25, 0.3) is 0 Å². The van der Waals surface area contributed by atoms with Crippen LogP contribution < -0.4 is 0 Å². The average molecular weight is 261 g/mol. The quantitative estimate of drug-likeness (QED) is 0.555. The molecule has 1 heteroatoms. The second-order valence-electron chi connectivity index (χ2n) is 4.69. The van der Waals surface area contributed by atoms with Gasteiger partial charge >= 0.3 is 0 Å². The summed E-state index contributed by atoms with van der Waals surface area (Å²) < 4.78 is 0. The lowest BCUT2D eigenvalue weighted by molar-refractivity contribution is 1.42. The highest BCUT2D eigenvalue weighted by Gasteiger charge is 2.10. The predicted octanol–water partition coefficient (Wildman–Crippen LogP) is 4.77. The van der Waals surface area contributed by atoms with Gasteiger partial charge < -0.3 is 0 Å². The number of nitrogens with zero attached hydrogens (tertiary/aromatic N) is 1. The molecule has 0 N–H and O–H groups in total. The molecule has 2 aromatic rings. The summed E-state index contributed by atoms with van der Waals surface area (Å²) in [5, 5.41) is 0. The third-order valence-electron chi connectivity index (χ3n) is 3.11. The first-order valence-corrected chi connectivity index (χ1v) is 6.67. The van der Waals surface area contributed by atoms with Crippen LogP contribution in [0.1, 0.15) is 18.1 Å². The van der Waals surface area contributed by atoms with Crippen molar-refractivity contribution < 1.29 is 0 Å². The van der Waals surface area contributed by atoms with Gasteiger partial charge in [-0.15, -0.1) is 0 Å². The summed E-state index contributed by atoms with van der Waals surface area (Å²) in [4.78, 5) is 4.19. The molecule has 0 fully saturated rings. The normalized spacial score (nSPS) is 10.5. The van der Waals surface area contributed by atoms with Crippen LogP contribution in [0.3, 0.4) is 0 Å². The molecular weight excluding hydrogens is 242 g/mol. The Morgan fingerprint density at radius 1 is 0.900 bits per heavy atom. The van der Waals surface area contributed by atoms with E-state index in [-0.39, 0.29) is 0 Å². The van der Waals surface area contributed by atoms with E-state index in [2.05, 4.69) is 60.1 Å². The van der Waals surface area contributed by atoms with Gasteiger partial charge in [-0.25, -0.2) is 0 Å². The Kier molecular flexibility index (Phi) is 4.67. The van der Waals surface area contributed by atoms with Crippen LogP contribution in [0.5, 0.6) is 0 Å². The third kappa shape index (κ3) is 3.12. The van der Waals surface area contributed by atoms with Crippen molar-refractivity contribution in [2.24, 2.45) is 4.99 Å². The van der Waals surface area contributed by atoms with Crippen molar-refractivity contribution in [3.63, 3.8) is 0 Å². The molecule has 0 aromatic heterocycles. The van der Waals surface area contributed by atoms with Gasteiger partial charge in [0, 0.05) is 18.8 Å². The second-order valence-corrected chi connectivity index (χ2v) is 4.69. The predicted molar refractivity (Wildman–Crippen MR) is 88.1 cm³/mol. The maximum Gasteiger partial charge on any atom is 0.0290 e. The largest absolute Gasteiger partial charge is 0.296 e. The summed E-state index contributed by atoms with van der Waals surface area (Å²) in [6, 6.07) is 20.7. The van der Waals surface area contributed by atoms with Crippen LogP contribution in [-0.2, 0) is 0 Å². The molecule has 0 unspecified atom stereocenters. The van der Waals surface area contributed by atoms with Gasteiger partial charge in [0.2, 0.25) is 0 Å². The van der Waals surface area contributed by atoms with Crippen molar-refractivity contribution in [3.8, 4) is 0 Å². The average Bonchev–Trinajstić information content (AvgIpc) is 2.49. The first kappa shape index (κ1) is 14.0. The van der Waals surface area contributed by atoms with E-state index in [1.165, 1.54) is 16.7 Å². The Balaban J connectivity index is 2.73. The van der Waals surface area contributed by atoms with E-state index in [4.69, 9.17) is 0 Å². The Labute approximate surface area is 121 Å². The summed E-state index contributed by atoms with van der Waals surface area (Å²) in [5.41, 5.74) is 5.61. The second kappa shape index (κ2) is 6.67.